The summed E-state index contributed by atoms with van der Waals surface area (Å²) in [7, 11) is 0. The molecule has 0 amide bonds. The highest BCUT2D eigenvalue weighted by Crippen LogP contribution is 2.31. The molecule has 4 aromatic rings. The number of hydrogen-bond donors (Lipinski definition) is 1. The Morgan fingerprint density at radius 2 is 2.00 bits per heavy atom. The van der Waals surface area contributed by atoms with Crippen molar-refractivity contribution in [3.05, 3.63) is 59.8 Å². The van der Waals surface area contributed by atoms with Crippen molar-refractivity contribution in [2.45, 2.75) is 10.1 Å². The van der Waals surface area contributed by atoms with Gasteiger partial charge in [-0.1, -0.05) is 47.4 Å². The molecule has 5 nitrogen and oxygen atoms in total. The van der Waals surface area contributed by atoms with Gasteiger partial charge in [0.05, 0.1) is 10.6 Å². The van der Waals surface area contributed by atoms with Crippen LogP contribution in [0.4, 0.5) is 10.8 Å². The molecule has 0 radical (unpaired) electrons. The second-order valence-electron chi connectivity index (χ2n) is 4.77. The summed E-state index contributed by atoms with van der Waals surface area (Å²) in [4.78, 5) is 5.54. The molecule has 0 aliphatic carbocycles. The van der Waals surface area contributed by atoms with E-state index in [9.17, 15) is 0 Å². The maximum absolute atomic E-state index is 5.52. The van der Waals surface area contributed by atoms with E-state index < -0.39 is 0 Å². The molecule has 1 N–H and O–H groups in total. The van der Waals surface area contributed by atoms with Gasteiger partial charge in [0.15, 0.2) is 4.34 Å². The van der Waals surface area contributed by atoms with E-state index in [1.807, 2.05) is 47.8 Å². The van der Waals surface area contributed by atoms with Crippen LogP contribution in [0.1, 0.15) is 5.69 Å². The number of anilines is 2. The van der Waals surface area contributed by atoms with Crippen LogP contribution in [-0.4, -0.2) is 15.2 Å². The third kappa shape index (κ3) is 3.66. The van der Waals surface area contributed by atoms with E-state index in [1.54, 1.807) is 29.4 Å². The number of benzene rings is 1. The maximum atomic E-state index is 5.52. The van der Waals surface area contributed by atoms with Crippen molar-refractivity contribution in [3.63, 3.8) is 0 Å². The zero-order valence-electron chi connectivity index (χ0n) is 12.4. The first-order valence-electron chi connectivity index (χ1n) is 7.13. The lowest BCUT2D eigenvalue weighted by molar-refractivity contribution is 0.575. The fourth-order valence-electron chi connectivity index (χ4n) is 1.99. The summed E-state index contributed by atoms with van der Waals surface area (Å²) < 4.78 is 6.42. The van der Waals surface area contributed by atoms with Crippen molar-refractivity contribution in [2.24, 2.45) is 0 Å². The molecule has 24 heavy (non-hydrogen) atoms. The first kappa shape index (κ1) is 15.4. The van der Waals surface area contributed by atoms with E-state index in [-0.39, 0.29) is 0 Å². The van der Waals surface area contributed by atoms with Gasteiger partial charge >= 0.3 is 0 Å². The molecule has 1 aromatic carbocycles. The van der Waals surface area contributed by atoms with E-state index in [0.29, 0.717) is 11.6 Å². The molecule has 0 unspecified atom stereocenters. The molecule has 0 atom stereocenters. The Hall–Kier alpha value is -2.16. The van der Waals surface area contributed by atoms with Crippen LogP contribution in [0.25, 0.3) is 10.8 Å². The minimum absolute atomic E-state index is 0.671. The largest absolute Gasteiger partial charge is 0.444 e. The van der Waals surface area contributed by atoms with E-state index >= 15 is 0 Å². The molecule has 8 heteroatoms. The SMILES string of the molecule is c1ccc(Nc2nnc(SCc3coc(-c4cccs4)n3)s2)cc1. The van der Waals surface area contributed by atoms with Gasteiger partial charge in [0.2, 0.25) is 11.0 Å². The predicted molar refractivity (Wildman–Crippen MR) is 99.0 cm³/mol. The second-order valence-corrected chi connectivity index (χ2v) is 7.92. The van der Waals surface area contributed by atoms with E-state index in [4.69, 9.17) is 4.42 Å². The maximum Gasteiger partial charge on any atom is 0.236 e. The molecular weight excluding hydrogens is 360 g/mol. The van der Waals surface area contributed by atoms with Gasteiger partial charge in [-0.25, -0.2) is 4.98 Å². The van der Waals surface area contributed by atoms with Crippen LogP contribution < -0.4 is 5.32 Å². The molecule has 0 saturated heterocycles. The topological polar surface area (TPSA) is 63.8 Å². The third-order valence-corrected chi connectivity index (χ3v) is 5.92. The van der Waals surface area contributed by atoms with E-state index in [1.165, 1.54) is 11.3 Å². The summed E-state index contributed by atoms with van der Waals surface area (Å²) in [5.41, 5.74) is 1.90. The smallest absolute Gasteiger partial charge is 0.236 e. The minimum Gasteiger partial charge on any atom is -0.444 e. The zero-order valence-corrected chi connectivity index (χ0v) is 14.8. The van der Waals surface area contributed by atoms with Crippen LogP contribution in [0.2, 0.25) is 0 Å². The van der Waals surface area contributed by atoms with Crippen LogP contribution in [-0.2, 0) is 5.75 Å². The molecule has 0 aliphatic heterocycles. The summed E-state index contributed by atoms with van der Waals surface area (Å²) in [6.07, 6.45) is 1.70. The average Bonchev–Trinajstić information content (AvgIpc) is 3.35. The summed E-state index contributed by atoms with van der Waals surface area (Å²) in [5.74, 6) is 1.37. The molecule has 3 heterocycles. The highest BCUT2D eigenvalue weighted by molar-refractivity contribution is 8.00. The molecular formula is C16H12N4OS3. The van der Waals surface area contributed by atoms with Gasteiger partial charge in [0, 0.05) is 11.4 Å². The number of thiophene rings is 1. The van der Waals surface area contributed by atoms with Crippen molar-refractivity contribution in [2.75, 3.05) is 5.32 Å². The van der Waals surface area contributed by atoms with Crippen molar-refractivity contribution in [1.82, 2.24) is 15.2 Å². The number of nitrogens with one attached hydrogen (secondary N) is 1. The summed E-state index contributed by atoms with van der Waals surface area (Å²) >= 11 is 4.74. The lowest BCUT2D eigenvalue weighted by Gasteiger charge is -1.99. The molecule has 0 fully saturated rings. The zero-order chi connectivity index (χ0) is 16.2. The number of aromatic nitrogens is 3. The Balaban J connectivity index is 1.36. The number of hydrogen-bond acceptors (Lipinski definition) is 8. The first-order chi connectivity index (χ1) is 11.9. The van der Waals surface area contributed by atoms with Crippen molar-refractivity contribution in [1.29, 1.82) is 0 Å². The van der Waals surface area contributed by atoms with Gasteiger partial charge in [-0.15, -0.1) is 21.5 Å². The minimum atomic E-state index is 0.671. The summed E-state index contributed by atoms with van der Waals surface area (Å²) in [6, 6.07) is 13.9. The van der Waals surface area contributed by atoms with Crippen LogP contribution in [0.3, 0.4) is 0 Å². The molecule has 4 rings (SSSR count). The first-order valence-corrected chi connectivity index (χ1v) is 9.82. The Morgan fingerprint density at radius 3 is 2.83 bits per heavy atom. The third-order valence-electron chi connectivity index (χ3n) is 3.06. The summed E-state index contributed by atoms with van der Waals surface area (Å²) in [5, 5.41) is 14.4. The Labute approximate surface area is 150 Å². The van der Waals surface area contributed by atoms with Crippen LogP contribution in [0, 0.1) is 0 Å². The van der Waals surface area contributed by atoms with E-state index in [2.05, 4.69) is 20.5 Å². The second kappa shape index (κ2) is 7.16. The van der Waals surface area contributed by atoms with Crippen molar-refractivity contribution >= 4 is 45.3 Å². The lowest BCUT2D eigenvalue weighted by atomic mass is 10.3. The van der Waals surface area contributed by atoms with Gasteiger partial charge in [0.1, 0.15) is 6.26 Å². The van der Waals surface area contributed by atoms with Crippen LogP contribution in [0.15, 0.2) is 62.9 Å². The number of thioether (sulfide) groups is 1. The Kier molecular flexibility index (Phi) is 4.59. The Morgan fingerprint density at radius 1 is 1.08 bits per heavy atom. The van der Waals surface area contributed by atoms with Crippen molar-refractivity contribution < 1.29 is 4.42 Å². The number of para-hydroxylation sites is 1. The van der Waals surface area contributed by atoms with E-state index in [0.717, 1.165) is 25.7 Å². The van der Waals surface area contributed by atoms with Gasteiger partial charge in [-0.2, -0.15) is 0 Å². The summed E-state index contributed by atoms with van der Waals surface area (Å²) in [6.45, 7) is 0. The average molecular weight is 372 g/mol. The fourth-order valence-corrected chi connectivity index (χ4v) is 4.29. The predicted octanol–water partition coefficient (Wildman–Crippen LogP) is 5.29. The van der Waals surface area contributed by atoms with Gasteiger partial charge in [-0.05, 0) is 23.6 Å². The molecule has 0 aliphatic rings. The highest BCUT2D eigenvalue weighted by Gasteiger charge is 2.10. The van der Waals surface area contributed by atoms with Crippen molar-refractivity contribution in [3.8, 4) is 10.8 Å². The molecule has 0 spiro atoms. The van der Waals surface area contributed by atoms with Gasteiger partial charge in [0.25, 0.3) is 0 Å². The monoisotopic (exact) mass is 372 g/mol. The van der Waals surface area contributed by atoms with Gasteiger partial charge < -0.3 is 9.73 Å². The quantitative estimate of drug-likeness (QED) is 0.464. The number of oxazole rings is 1. The molecule has 3 aromatic heterocycles. The lowest BCUT2D eigenvalue weighted by Crippen LogP contribution is -1.87. The number of nitrogens with zero attached hydrogens (tertiary/aromatic N) is 3. The van der Waals surface area contributed by atoms with Crippen LogP contribution in [0.5, 0.6) is 0 Å². The van der Waals surface area contributed by atoms with Gasteiger partial charge in [-0.3, -0.25) is 0 Å². The number of rotatable bonds is 6. The molecule has 0 saturated carbocycles. The standard InChI is InChI=1S/C16H12N4OS3/c1-2-5-11(6-3-1)18-15-19-20-16(24-15)23-10-12-9-21-14(17-12)13-7-4-8-22-13/h1-9H,10H2,(H,18,19). The fraction of sp³-hybridized carbons (Fsp3) is 0.0625. The highest BCUT2D eigenvalue weighted by atomic mass is 32.2. The van der Waals surface area contributed by atoms with Crippen LogP contribution >= 0.6 is 34.4 Å². The molecule has 0 bridgehead atoms. The normalized spacial score (nSPS) is 10.8. The Bertz CT molecular complexity index is 902. The molecule has 120 valence electrons.